The normalized spacial score (nSPS) is 22.6. The van der Waals surface area contributed by atoms with Crippen molar-refractivity contribution in [2.45, 2.75) is 44.2 Å². The van der Waals surface area contributed by atoms with E-state index in [1.54, 1.807) is 4.57 Å². The second-order valence-corrected chi connectivity index (χ2v) is 7.86. The summed E-state index contributed by atoms with van der Waals surface area (Å²) in [5.41, 5.74) is 0.327. The SMILES string of the molecule is CC1CC1NC(=O)c1cc(S(=O)(=O)Cl)cn1C(C)C. The predicted molar refractivity (Wildman–Crippen MR) is 72.9 cm³/mol. The van der Waals surface area contributed by atoms with Crippen LogP contribution in [-0.4, -0.2) is 24.9 Å². The molecule has 106 valence electrons. The zero-order valence-corrected chi connectivity index (χ0v) is 12.6. The van der Waals surface area contributed by atoms with E-state index in [9.17, 15) is 13.2 Å². The van der Waals surface area contributed by atoms with Gasteiger partial charge in [0.1, 0.15) is 10.6 Å². The van der Waals surface area contributed by atoms with Gasteiger partial charge in [-0.1, -0.05) is 6.92 Å². The molecule has 1 aromatic rings. The maximum Gasteiger partial charge on any atom is 0.268 e. The highest BCUT2D eigenvalue weighted by Crippen LogP contribution is 2.30. The molecule has 1 amide bonds. The fraction of sp³-hybridized carbons (Fsp3) is 0.583. The summed E-state index contributed by atoms with van der Waals surface area (Å²) in [5.74, 6) is 0.234. The number of hydrogen-bond acceptors (Lipinski definition) is 3. The Bertz CT molecular complexity index is 606. The molecular formula is C12H17ClN2O3S. The van der Waals surface area contributed by atoms with E-state index in [4.69, 9.17) is 10.7 Å². The molecule has 2 rings (SSSR count). The summed E-state index contributed by atoms with van der Waals surface area (Å²) >= 11 is 0. The second-order valence-electron chi connectivity index (χ2n) is 5.29. The number of nitrogens with zero attached hydrogens (tertiary/aromatic N) is 1. The maximum atomic E-state index is 12.1. The lowest BCUT2D eigenvalue weighted by Crippen LogP contribution is -2.28. The van der Waals surface area contributed by atoms with Crippen molar-refractivity contribution in [3.8, 4) is 0 Å². The quantitative estimate of drug-likeness (QED) is 0.867. The van der Waals surface area contributed by atoms with Gasteiger partial charge in [0.25, 0.3) is 15.0 Å². The first-order valence-corrected chi connectivity index (χ1v) is 8.48. The van der Waals surface area contributed by atoms with Crippen LogP contribution in [0.2, 0.25) is 0 Å². The first-order valence-electron chi connectivity index (χ1n) is 6.17. The van der Waals surface area contributed by atoms with Crippen LogP contribution >= 0.6 is 10.7 Å². The van der Waals surface area contributed by atoms with Crippen LogP contribution in [-0.2, 0) is 9.05 Å². The molecule has 7 heteroatoms. The molecule has 0 bridgehead atoms. The fourth-order valence-electron chi connectivity index (χ4n) is 1.96. The third-order valence-corrected chi connectivity index (χ3v) is 4.64. The van der Waals surface area contributed by atoms with Gasteiger partial charge in [-0.2, -0.15) is 0 Å². The van der Waals surface area contributed by atoms with E-state index < -0.39 is 9.05 Å². The van der Waals surface area contributed by atoms with Crippen molar-refractivity contribution in [1.29, 1.82) is 0 Å². The van der Waals surface area contributed by atoms with Gasteiger partial charge in [-0.3, -0.25) is 4.79 Å². The fourth-order valence-corrected chi connectivity index (χ4v) is 2.71. The van der Waals surface area contributed by atoms with Crippen LogP contribution in [0.1, 0.15) is 43.7 Å². The molecule has 19 heavy (non-hydrogen) atoms. The molecule has 0 aliphatic heterocycles. The van der Waals surface area contributed by atoms with Gasteiger partial charge in [-0.05, 0) is 32.3 Å². The van der Waals surface area contributed by atoms with Crippen molar-refractivity contribution in [2.75, 3.05) is 0 Å². The summed E-state index contributed by atoms with van der Waals surface area (Å²) in [6.45, 7) is 5.81. The van der Waals surface area contributed by atoms with Crippen molar-refractivity contribution < 1.29 is 13.2 Å². The molecule has 5 nitrogen and oxygen atoms in total. The van der Waals surface area contributed by atoms with Crippen molar-refractivity contribution >= 4 is 25.6 Å². The largest absolute Gasteiger partial charge is 0.348 e. The molecule has 1 aliphatic rings. The van der Waals surface area contributed by atoms with Gasteiger partial charge in [0.05, 0.1) is 0 Å². The summed E-state index contributed by atoms with van der Waals surface area (Å²) in [5, 5.41) is 2.88. The molecule has 2 atom stereocenters. The van der Waals surface area contributed by atoms with Gasteiger partial charge in [0, 0.05) is 29.0 Å². The Hall–Kier alpha value is -1.01. The second kappa shape index (κ2) is 4.83. The monoisotopic (exact) mass is 304 g/mol. The Morgan fingerprint density at radius 1 is 1.53 bits per heavy atom. The molecule has 1 fully saturated rings. The average molecular weight is 305 g/mol. The summed E-state index contributed by atoms with van der Waals surface area (Å²) < 4.78 is 24.3. The van der Waals surface area contributed by atoms with E-state index in [1.165, 1.54) is 12.3 Å². The van der Waals surface area contributed by atoms with Crippen molar-refractivity contribution in [3.63, 3.8) is 0 Å². The van der Waals surface area contributed by atoms with Crippen LogP contribution in [0.5, 0.6) is 0 Å². The molecule has 1 saturated carbocycles. The highest BCUT2D eigenvalue weighted by Gasteiger charge is 2.35. The van der Waals surface area contributed by atoms with Gasteiger partial charge in [0.2, 0.25) is 0 Å². The van der Waals surface area contributed by atoms with Gasteiger partial charge >= 0.3 is 0 Å². The summed E-state index contributed by atoms with van der Waals surface area (Å²) in [4.78, 5) is 12.1. The molecule has 1 aromatic heterocycles. The third kappa shape index (κ3) is 3.12. The highest BCUT2D eigenvalue weighted by atomic mass is 35.7. The minimum absolute atomic E-state index is 0.0236. The first-order chi connectivity index (χ1) is 8.70. The number of carbonyl (C=O) groups excluding carboxylic acids is 1. The molecule has 0 spiro atoms. The molecule has 1 aliphatic carbocycles. The van der Waals surface area contributed by atoms with Crippen LogP contribution in [0.25, 0.3) is 0 Å². The van der Waals surface area contributed by atoms with E-state index in [-0.39, 0.29) is 22.9 Å². The van der Waals surface area contributed by atoms with E-state index >= 15 is 0 Å². The molecule has 0 saturated heterocycles. The van der Waals surface area contributed by atoms with Crippen LogP contribution in [0.15, 0.2) is 17.2 Å². The first kappa shape index (κ1) is 14.4. The topological polar surface area (TPSA) is 68.2 Å². The zero-order valence-electron chi connectivity index (χ0n) is 11.1. The van der Waals surface area contributed by atoms with E-state index in [0.717, 1.165) is 6.42 Å². The molecular weight excluding hydrogens is 288 g/mol. The number of carbonyl (C=O) groups is 1. The van der Waals surface area contributed by atoms with Crippen LogP contribution in [0, 0.1) is 5.92 Å². The standard InChI is InChI=1S/C12H17ClN2O3S/c1-7(2)15-6-9(19(13,17)18)5-11(15)12(16)14-10-4-8(10)3/h5-8,10H,4H2,1-3H3,(H,14,16). The van der Waals surface area contributed by atoms with Crippen molar-refractivity contribution in [3.05, 3.63) is 18.0 Å². The summed E-state index contributed by atoms with van der Waals surface area (Å²) in [7, 11) is 1.50. The minimum Gasteiger partial charge on any atom is -0.348 e. The zero-order chi connectivity index (χ0) is 14.4. The third-order valence-electron chi connectivity index (χ3n) is 3.32. The molecule has 0 aromatic carbocycles. The van der Waals surface area contributed by atoms with Crippen molar-refractivity contribution in [1.82, 2.24) is 9.88 Å². The van der Waals surface area contributed by atoms with Gasteiger partial charge in [-0.15, -0.1) is 0 Å². The van der Waals surface area contributed by atoms with E-state index in [0.29, 0.717) is 11.6 Å². The number of nitrogens with one attached hydrogen (secondary N) is 1. The number of hydrogen-bond donors (Lipinski definition) is 1. The number of halogens is 1. The summed E-state index contributed by atoms with van der Waals surface area (Å²) in [6.07, 6.45) is 2.37. The Balaban J connectivity index is 2.32. The molecule has 0 radical (unpaired) electrons. The lowest BCUT2D eigenvalue weighted by atomic mass is 10.3. The van der Waals surface area contributed by atoms with Crippen LogP contribution in [0.3, 0.4) is 0 Å². The Labute approximate surface area is 117 Å². The Morgan fingerprint density at radius 2 is 2.11 bits per heavy atom. The Kier molecular flexibility index (Phi) is 3.66. The average Bonchev–Trinajstić information content (AvgIpc) is 2.81. The number of amides is 1. The molecule has 2 unspecified atom stereocenters. The predicted octanol–water partition coefficient (Wildman–Crippen LogP) is 2.13. The minimum atomic E-state index is -3.82. The van der Waals surface area contributed by atoms with Crippen molar-refractivity contribution in [2.24, 2.45) is 5.92 Å². The maximum absolute atomic E-state index is 12.1. The number of rotatable bonds is 4. The van der Waals surface area contributed by atoms with E-state index in [1.807, 2.05) is 13.8 Å². The summed E-state index contributed by atoms with van der Waals surface area (Å²) in [6, 6.07) is 1.49. The molecule has 1 N–H and O–H groups in total. The van der Waals surface area contributed by atoms with Gasteiger partial charge in [0.15, 0.2) is 0 Å². The molecule has 1 heterocycles. The lowest BCUT2D eigenvalue weighted by molar-refractivity contribution is 0.0938. The van der Waals surface area contributed by atoms with E-state index in [2.05, 4.69) is 12.2 Å². The Morgan fingerprint density at radius 3 is 2.53 bits per heavy atom. The highest BCUT2D eigenvalue weighted by molar-refractivity contribution is 8.13. The van der Waals surface area contributed by atoms with Gasteiger partial charge < -0.3 is 9.88 Å². The lowest BCUT2D eigenvalue weighted by Gasteiger charge is -2.12. The smallest absolute Gasteiger partial charge is 0.268 e. The van der Waals surface area contributed by atoms with Gasteiger partial charge in [-0.25, -0.2) is 8.42 Å². The van der Waals surface area contributed by atoms with Crippen LogP contribution < -0.4 is 5.32 Å². The van der Waals surface area contributed by atoms with Crippen LogP contribution in [0.4, 0.5) is 0 Å². The number of aromatic nitrogens is 1.